The molecule has 7 nitrogen and oxygen atoms in total. The van der Waals surface area contributed by atoms with Crippen LogP contribution in [0.3, 0.4) is 0 Å². The van der Waals surface area contributed by atoms with Gasteiger partial charge in [0, 0.05) is 33.4 Å². The summed E-state index contributed by atoms with van der Waals surface area (Å²) in [6.07, 6.45) is 1.66. The molecule has 2 heterocycles. The smallest absolute Gasteiger partial charge is 0.255 e. The van der Waals surface area contributed by atoms with Crippen LogP contribution in [0.5, 0.6) is 0 Å². The van der Waals surface area contributed by atoms with Gasteiger partial charge in [-0.3, -0.25) is 9.59 Å². The van der Waals surface area contributed by atoms with Crippen molar-refractivity contribution in [1.82, 2.24) is 15.2 Å². The van der Waals surface area contributed by atoms with Crippen LogP contribution in [0.4, 0.5) is 5.82 Å². The number of likely N-dealkylation sites (N-methyl/N-ethyl adjacent to an activating group) is 1. The molecule has 0 aliphatic carbocycles. The summed E-state index contributed by atoms with van der Waals surface area (Å²) in [5, 5.41) is 2.73. The second-order valence-corrected chi connectivity index (χ2v) is 5.40. The lowest BCUT2D eigenvalue weighted by Crippen LogP contribution is -2.45. The standard InChI is InChI=1S/C15H22N4O3/c1-11(15(21)18(2)3)17-14(20)12-5-4-6-16-13(12)19-7-9-22-10-8-19/h4-6,11H,7-10H2,1-3H3,(H,17,20)/t11-/m1/s1. The number of pyridine rings is 1. The Labute approximate surface area is 130 Å². The minimum atomic E-state index is -0.583. The largest absolute Gasteiger partial charge is 0.378 e. The molecule has 1 aliphatic heterocycles. The summed E-state index contributed by atoms with van der Waals surface area (Å²) in [6.45, 7) is 4.30. The third-order valence-corrected chi connectivity index (χ3v) is 3.50. The minimum absolute atomic E-state index is 0.148. The zero-order valence-corrected chi connectivity index (χ0v) is 13.2. The summed E-state index contributed by atoms with van der Waals surface area (Å²) in [5.74, 6) is 0.190. The minimum Gasteiger partial charge on any atom is -0.378 e. The fourth-order valence-corrected chi connectivity index (χ4v) is 2.32. The van der Waals surface area contributed by atoms with Crippen LogP contribution < -0.4 is 10.2 Å². The van der Waals surface area contributed by atoms with E-state index in [1.165, 1.54) is 4.90 Å². The van der Waals surface area contributed by atoms with Crippen LogP contribution in [0.25, 0.3) is 0 Å². The van der Waals surface area contributed by atoms with Gasteiger partial charge in [0.2, 0.25) is 5.91 Å². The van der Waals surface area contributed by atoms with Crippen molar-refractivity contribution in [2.24, 2.45) is 0 Å². The molecule has 1 aromatic heterocycles. The molecule has 22 heavy (non-hydrogen) atoms. The van der Waals surface area contributed by atoms with E-state index < -0.39 is 6.04 Å². The fourth-order valence-electron chi connectivity index (χ4n) is 2.32. The van der Waals surface area contributed by atoms with E-state index in [0.717, 1.165) is 0 Å². The van der Waals surface area contributed by atoms with E-state index in [4.69, 9.17) is 4.74 Å². The quantitative estimate of drug-likeness (QED) is 0.855. The van der Waals surface area contributed by atoms with Crippen molar-refractivity contribution in [3.63, 3.8) is 0 Å². The van der Waals surface area contributed by atoms with E-state index >= 15 is 0 Å². The summed E-state index contributed by atoms with van der Waals surface area (Å²) in [5.41, 5.74) is 0.475. The Kier molecular flexibility index (Phi) is 5.32. The molecular weight excluding hydrogens is 284 g/mol. The van der Waals surface area contributed by atoms with Crippen molar-refractivity contribution in [1.29, 1.82) is 0 Å². The zero-order valence-electron chi connectivity index (χ0n) is 13.2. The lowest BCUT2D eigenvalue weighted by Gasteiger charge is -2.29. The number of morpholine rings is 1. The molecule has 1 aromatic rings. The normalized spacial score (nSPS) is 16.0. The highest BCUT2D eigenvalue weighted by Gasteiger charge is 2.23. The van der Waals surface area contributed by atoms with E-state index in [-0.39, 0.29) is 11.8 Å². The van der Waals surface area contributed by atoms with Gasteiger partial charge in [0.1, 0.15) is 11.9 Å². The third kappa shape index (κ3) is 3.73. The number of anilines is 1. The molecule has 0 radical (unpaired) electrons. The van der Waals surface area contributed by atoms with E-state index in [9.17, 15) is 9.59 Å². The Morgan fingerprint density at radius 2 is 2.05 bits per heavy atom. The molecule has 0 aromatic carbocycles. The highest BCUT2D eigenvalue weighted by Crippen LogP contribution is 2.18. The molecule has 1 fully saturated rings. The Morgan fingerprint density at radius 3 is 2.68 bits per heavy atom. The van der Waals surface area contributed by atoms with Crippen molar-refractivity contribution < 1.29 is 14.3 Å². The van der Waals surface area contributed by atoms with Gasteiger partial charge < -0.3 is 19.9 Å². The van der Waals surface area contributed by atoms with Crippen LogP contribution >= 0.6 is 0 Å². The van der Waals surface area contributed by atoms with E-state index in [2.05, 4.69) is 10.3 Å². The monoisotopic (exact) mass is 306 g/mol. The number of nitrogens with one attached hydrogen (secondary N) is 1. The van der Waals surface area contributed by atoms with E-state index in [0.29, 0.717) is 37.7 Å². The highest BCUT2D eigenvalue weighted by molar-refractivity contribution is 6.01. The van der Waals surface area contributed by atoms with Crippen molar-refractivity contribution >= 4 is 17.6 Å². The topological polar surface area (TPSA) is 74.8 Å². The third-order valence-electron chi connectivity index (χ3n) is 3.50. The van der Waals surface area contributed by atoms with E-state index in [1.807, 2.05) is 4.90 Å². The number of ether oxygens (including phenoxy) is 1. The van der Waals surface area contributed by atoms with E-state index in [1.54, 1.807) is 39.3 Å². The Balaban J connectivity index is 2.14. The van der Waals surface area contributed by atoms with Gasteiger partial charge in [-0.15, -0.1) is 0 Å². The maximum Gasteiger partial charge on any atom is 0.255 e. The van der Waals surface area contributed by atoms with Crippen molar-refractivity contribution in [3.05, 3.63) is 23.9 Å². The Bertz CT molecular complexity index is 541. The lowest BCUT2D eigenvalue weighted by molar-refractivity contribution is -0.130. The number of carbonyl (C=O) groups is 2. The molecule has 2 rings (SSSR count). The molecule has 1 aliphatic rings. The van der Waals surface area contributed by atoms with Crippen LogP contribution in [0.2, 0.25) is 0 Å². The maximum absolute atomic E-state index is 12.5. The van der Waals surface area contributed by atoms with Gasteiger partial charge in [0.05, 0.1) is 18.8 Å². The summed E-state index contributed by atoms with van der Waals surface area (Å²) in [6, 6.07) is 2.86. The van der Waals surface area contributed by atoms with Crippen molar-refractivity contribution in [3.8, 4) is 0 Å². The second kappa shape index (κ2) is 7.22. The number of rotatable bonds is 4. The van der Waals surface area contributed by atoms with Gasteiger partial charge >= 0.3 is 0 Å². The predicted molar refractivity (Wildman–Crippen MR) is 82.9 cm³/mol. The molecule has 1 saturated heterocycles. The van der Waals surface area contributed by atoms with Gasteiger partial charge in [-0.25, -0.2) is 4.98 Å². The molecule has 0 spiro atoms. The number of hydrogen-bond acceptors (Lipinski definition) is 5. The van der Waals surface area contributed by atoms with Gasteiger partial charge in [0.15, 0.2) is 0 Å². The van der Waals surface area contributed by atoms with Crippen LogP contribution in [0.1, 0.15) is 17.3 Å². The van der Waals surface area contributed by atoms with Gasteiger partial charge in [-0.1, -0.05) is 0 Å². The molecule has 2 amide bonds. The molecular formula is C15H22N4O3. The molecule has 7 heteroatoms. The molecule has 1 N–H and O–H groups in total. The first-order chi connectivity index (χ1) is 10.5. The number of hydrogen-bond donors (Lipinski definition) is 1. The second-order valence-electron chi connectivity index (χ2n) is 5.40. The number of carbonyl (C=O) groups excluding carboxylic acids is 2. The molecule has 0 unspecified atom stereocenters. The average Bonchev–Trinajstić information content (AvgIpc) is 2.54. The van der Waals surface area contributed by atoms with Gasteiger partial charge in [-0.05, 0) is 19.1 Å². The lowest BCUT2D eigenvalue weighted by atomic mass is 10.2. The summed E-state index contributed by atoms with van der Waals surface area (Å²) in [4.78, 5) is 32.1. The number of amides is 2. The van der Waals surface area contributed by atoms with Gasteiger partial charge in [-0.2, -0.15) is 0 Å². The summed E-state index contributed by atoms with van der Waals surface area (Å²) < 4.78 is 5.32. The average molecular weight is 306 g/mol. The number of aromatic nitrogens is 1. The van der Waals surface area contributed by atoms with Crippen molar-refractivity contribution in [2.45, 2.75) is 13.0 Å². The Hall–Kier alpha value is -2.15. The van der Waals surface area contributed by atoms with Crippen LogP contribution in [0.15, 0.2) is 18.3 Å². The van der Waals surface area contributed by atoms with Crippen LogP contribution in [-0.2, 0) is 9.53 Å². The predicted octanol–water partition coefficient (Wildman–Crippen LogP) is 0.125. The molecule has 0 saturated carbocycles. The number of nitrogens with zero attached hydrogens (tertiary/aromatic N) is 3. The van der Waals surface area contributed by atoms with Crippen LogP contribution in [-0.4, -0.2) is 68.1 Å². The molecule has 1 atom stereocenters. The molecule has 120 valence electrons. The Morgan fingerprint density at radius 1 is 1.36 bits per heavy atom. The summed E-state index contributed by atoms with van der Waals surface area (Å²) >= 11 is 0. The fraction of sp³-hybridized carbons (Fsp3) is 0.533. The van der Waals surface area contributed by atoms with Gasteiger partial charge in [0.25, 0.3) is 5.91 Å². The highest BCUT2D eigenvalue weighted by atomic mass is 16.5. The molecule has 0 bridgehead atoms. The zero-order chi connectivity index (χ0) is 16.1. The first-order valence-corrected chi connectivity index (χ1v) is 7.30. The summed E-state index contributed by atoms with van der Waals surface area (Å²) in [7, 11) is 3.32. The first-order valence-electron chi connectivity index (χ1n) is 7.30. The SMILES string of the molecule is C[C@@H](NC(=O)c1cccnc1N1CCOCC1)C(=O)N(C)C. The van der Waals surface area contributed by atoms with Crippen LogP contribution in [0, 0.1) is 0 Å². The van der Waals surface area contributed by atoms with Crippen molar-refractivity contribution in [2.75, 3.05) is 45.3 Å². The maximum atomic E-state index is 12.5. The first kappa shape index (κ1) is 16.2.